The Balaban J connectivity index is 1.52. The third-order valence-corrected chi connectivity index (χ3v) is 5.65. The highest BCUT2D eigenvalue weighted by molar-refractivity contribution is 7.84. The lowest BCUT2D eigenvalue weighted by Gasteiger charge is -2.05. The van der Waals surface area contributed by atoms with E-state index >= 15 is 0 Å². The van der Waals surface area contributed by atoms with Crippen LogP contribution in [0.5, 0.6) is 0 Å². The molecule has 2 heterocycles. The summed E-state index contributed by atoms with van der Waals surface area (Å²) in [6.07, 6.45) is 0. The zero-order chi connectivity index (χ0) is 18.5. The number of benzene rings is 1. The van der Waals surface area contributed by atoms with Crippen molar-refractivity contribution in [2.45, 2.75) is 19.2 Å². The molecule has 5 nitrogen and oxygen atoms in total. The van der Waals surface area contributed by atoms with Crippen LogP contribution in [0.15, 0.2) is 46.2 Å². The number of rotatable bonds is 7. The maximum Gasteiger partial charge on any atom is 0.236 e. The molecule has 0 saturated carbocycles. The van der Waals surface area contributed by atoms with Crippen molar-refractivity contribution in [2.75, 3.05) is 5.75 Å². The Morgan fingerprint density at radius 3 is 2.77 bits per heavy atom. The Morgan fingerprint density at radius 1 is 1.31 bits per heavy atom. The molecule has 0 fully saturated rings. The van der Waals surface area contributed by atoms with Gasteiger partial charge in [0.15, 0.2) is 0 Å². The first-order valence-electron chi connectivity index (χ1n) is 7.87. The first kappa shape index (κ1) is 18.5. The van der Waals surface area contributed by atoms with Crippen LogP contribution in [-0.4, -0.2) is 20.9 Å². The maximum atomic E-state index is 12.8. The highest BCUT2D eigenvalue weighted by Crippen LogP contribution is 2.26. The fourth-order valence-electron chi connectivity index (χ4n) is 2.27. The second-order valence-corrected chi connectivity index (χ2v) is 8.04. The fourth-order valence-corrected chi connectivity index (χ4v) is 3.99. The van der Waals surface area contributed by atoms with Crippen LogP contribution in [0.25, 0.3) is 10.8 Å². The normalized spacial score (nSPS) is 12.1. The van der Waals surface area contributed by atoms with Crippen LogP contribution in [0.3, 0.4) is 0 Å². The molecule has 1 N–H and O–H groups in total. The van der Waals surface area contributed by atoms with Gasteiger partial charge >= 0.3 is 0 Å². The number of aryl methyl sites for hydroxylation is 1. The monoisotopic (exact) mass is 392 g/mol. The van der Waals surface area contributed by atoms with Crippen molar-refractivity contribution in [1.82, 2.24) is 10.3 Å². The molecule has 0 unspecified atom stereocenters. The second-order valence-electron chi connectivity index (χ2n) is 5.63. The predicted octanol–water partition coefficient (Wildman–Crippen LogP) is 3.42. The van der Waals surface area contributed by atoms with Gasteiger partial charge in [0.2, 0.25) is 11.8 Å². The van der Waals surface area contributed by atoms with Crippen molar-refractivity contribution in [3.63, 3.8) is 0 Å². The number of hydrogen-bond donors (Lipinski definition) is 1. The van der Waals surface area contributed by atoms with Crippen molar-refractivity contribution in [3.8, 4) is 10.8 Å². The van der Waals surface area contributed by atoms with Gasteiger partial charge in [-0.1, -0.05) is 18.2 Å². The second kappa shape index (κ2) is 8.37. The van der Waals surface area contributed by atoms with Crippen LogP contribution >= 0.6 is 11.3 Å². The lowest BCUT2D eigenvalue weighted by atomic mass is 10.2. The van der Waals surface area contributed by atoms with E-state index in [1.54, 1.807) is 19.1 Å². The van der Waals surface area contributed by atoms with Gasteiger partial charge in [-0.15, -0.1) is 11.3 Å². The number of carbonyl (C=O) groups excluding carboxylic acids is 1. The lowest BCUT2D eigenvalue weighted by molar-refractivity contribution is -0.118. The van der Waals surface area contributed by atoms with Crippen molar-refractivity contribution < 1.29 is 17.8 Å². The Hall–Kier alpha value is -2.32. The van der Waals surface area contributed by atoms with Crippen molar-refractivity contribution in [1.29, 1.82) is 0 Å². The third-order valence-electron chi connectivity index (χ3n) is 3.62. The Bertz CT molecular complexity index is 905. The number of carbonyl (C=O) groups is 1. The quantitative estimate of drug-likeness (QED) is 0.669. The number of amides is 1. The standard InChI is InChI=1S/C18H17FN2O3S2/c1-12-15(21-18(24-12)16-3-2-8-25-16)10-26(23)11-17(22)20-9-13-4-6-14(19)7-5-13/h2-8H,9-11H2,1H3,(H,20,22)/t26-/m0/s1. The van der Waals surface area contributed by atoms with Crippen LogP contribution in [-0.2, 0) is 27.9 Å². The van der Waals surface area contributed by atoms with Gasteiger partial charge in [-0.05, 0) is 36.1 Å². The summed E-state index contributed by atoms with van der Waals surface area (Å²) in [6, 6.07) is 9.66. The van der Waals surface area contributed by atoms with Gasteiger partial charge in [-0.2, -0.15) is 0 Å². The molecule has 0 aliphatic rings. The minimum atomic E-state index is -1.40. The molecule has 0 saturated heterocycles. The topological polar surface area (TPSA) is 72.2 Å². The van der Waals surface area contributed by atoms with E-state index in [0.29, 0.717) is 17.3 Å². The summed E-state index contributed by atoms with van der Waals surface area (Å²) in [5, 5.41) is 4.61. The summed E-state index contributed by atoms with van der Waals surface area (Å²) in [7, 11) is -1.40. The molecule has 1 amide bonds. The molecule has 0 bridgehead atoms. The average Bonchev–Trinajstić information content (AvgIpc) is 3.25. The average molecular weight is 392 g/mol. The van der Waals surface area contributed by atoms with E-state index in [9.17, 15) is 13.4 Å². The molecule has 0 aliphatic carbocycles. The summed E-state index contributed by atoms with van der Waals surface area (Å²) >= 11 is 1.51. The first-order valence-corrected chi connectivity index (χ1v) is 10.2. The highest BCUT2D eigenvalue weighted by Gasteiger charge is 2.16. The summed E-state index contributed by atoms with van der Waals surface area (Å²) in [5.74, 6) is 0.490. The lowest BCUT2D eigenvalue weighted by Crippen LogP contribution is -2.28. The van der Waals surface area contributed by atoms with Crippen LogP contribution in [0, 0.1) is 12.7 Å². The van der Waals surface area contributed by atoms with Gasteiger partial charge in [0.25, 0.3) is 0 Å². The number of nitrogens with one attached hydrogen (secondary N) is 1. The number of nitrogens with zero attached hydrogens (tertiary/aromatic N) is 1. The van der Waals surface area contributed by atoms with Gasteiger partial charge in [0.1, 0.15) is 17.3 Å². The molecule has 1 atom stereocenters. The molecular formula is C18H17FN2O3S2. The molecule has 3 aromatic rings. The van der Waals surface area contributed by atoms with E-state index in [1.807, 2.05) is 17.5 Å². The van der Waals surface area contributed by atoms with Crippen LogP contribution in [0.1, 0.15) is 17.0 Å². The summed E-state index contributed by atoms with van der Waals surface area (Å²) in [4.78, 5) is 17.2. The largest absolute Gasteiger partial charge is 0.440 e. The minimum absolute atomic E-state index is 0.123. The van der Waals surface area contributed by atoms with E-state index < -0.39 is 10.8 Å². The van der Waals surface area contributed by atoms with E-state index in [-0.39, 0.29) is 29.8 Å². The van der Waals surface area contributed by atoms with Crippen LogP contribution in [0.4, 0.5) is 4.39 Å². The molecule has 136 valence electrons. The molecule has 3 rings (SSSR count). The van der Waals surface area contributed by atoms with E-state index in [2.05, 4.69) is 10.3 Å². The number of thiophene rings is 1. The fraction of sp³-hybridized carbons (Fsp3) is 0.222. The molecule has 0 radical (unpaired) electrons. The molecule has 2 aromatic heterocycles. The Labute approximate surface area is 156 Å². The van der Waals surface area contributed by atoms with Crippen LogP contribution in [0.2, 0.25) is 0 Å². The molecule has 0 spiro atoms. The third kappa shape index (κ3) is 4.86. The summed E-state index contributed by atoms with van der Waals surface area (Å²) in [6.45, 7) is 2.03. The molecular weight excluding hydrogens is 375 g/mol. The number of halogens is 1. The molecule has 0 aliphatic heterocycles. The molecule has 26 heavy (non-hydrogen) atoms. The van der Waals surface area contributed by atoms with Crippen LogP contribution < -0.4 is 5.32 Å². The predicted molar refractivity (Wildman–Crippen MR) is 99.5 cm³/mol. The molecule has 8 heteroatoms. The van der Waals surface area contributed by atoms with Crippen molar-refractivity contribution in [3.05, 3.63) is 64.6 Å². The van der Waals surface area contributed by atoms with E-state index in [4.69, 9.17) is 4.42 Å². The minimum Gasteiger partial charge on any atom is -0.440 e. The zero-order valence-electron chi connectivity index (χ0n) is 14.0. The maximum absolute atomic E-state index is 12.8. The van der Waals surface area contributed by atoms with Gasteiger partial charge in [0, 0.05) is 17.3 Å². The van der Waals surface area contributed by atoms with Crippen molar-refractivity contribution >= 4 is 28.0 Å². The Morgan fingerprint density at radius 2 is 2.08 bits per heavy atom. The van der Waals surface area contributed by atoms with Gasteiger partial charge < -0.3 is 9.73 Å². The van der Waals surface area contributed by atoms with Gasteiger partial charge in [-0.3, -0.25) is 9.00 Å². The summed E-state index contributed by atoms with van der Waals surface area (Å²) < 4.78 is 30.7. The van der Waals surface area contributed by atoms with Gasteiger partial charge in [-0.25, -0.2) is 9.37 Å². The number of oxazole rings is 1. The smallest absolute Gasteiger partial charge is 0.236 e. The summed E-state index contributed by atoms with van der Waals surface area (Å²) in [5.41, 5.74) is 1.37. The number of hydrogen-bond acceptors (Lipinski definition) is 5. The van der Waals surface area contributed by atoms with E-state index in [0.717, 1.165) is 10.4 Å². The number of aromatic nitrogens is 1. The zero-order valence-corrected chi connectivity index (χ0v) is 15.7. The molecule has 1 aromatic carbocycles. The van der Waals surface area contributed by atoms with Gasteiger partial charge in [0.05, 0.1) is 16.3 Å². The van der Waals surface area contributed by atoms with Crippen molar-refractivity contribution in [2.24, 2.45) is 0 Å². The van der Waals surface area contributed by atoms with E-state index in [1.165, 1.54) is 23.5 Å². The first-order chi connectivity index (χ1) is 12.5. The SMILES string of the molecule is Cc1oc(-c2cccs2)nc1C[S@](=O)CC(=O)NCc1ccc(F)cc1. The Kier molecular flexibility index (Phi) is 5.95. The highest BCUT2D eigenvalue weighted by atomic mass is 32.2.